The van der Waals surface area contributed by atoms with Crippen LogP contribution in [0.4, 0.5) is 0 Å². The van der Waals surface area contributed by atoms with Crippen molar-refractivity contribution in [1.82, 2.24) is 14.8 Å². The zero-order chi connectivity index (χ0) is 24.5. The molecule has 3 N–H and O–H groups in total. The summed E-state index contributed by atoms with van der Waals surface area (Å²) in [5, 5.41) is 2.54. The molecule has 182 valence electrons. The molecule has 0 aliphatic carbocycles. The molecule has 2 aromatic carbocycles. The van der Waals surface area contributed by atoms with Crippen molar-refractivity contribution in [1.29, 1.82) is 0 Å². The Hall–Kier alpha value is -2.22. The SMILES string of the molecule is COCCNS(=O)(=O)c1ccc(OCC(=O)NCCNS(=O)(=O)c2ccc(C)cc2)c(Cl)c1. The Morgan fingerprint density at radius 1 is 0.909 bits per heavy atom. The molecule has 0 bridgehead atoms. The summed E-state index contributed by atoms with van der Waals surface area (Å²) in [5.74, 6) is -0.374. The van der Waals surface area contributed by atoms with Crippen LogP contribution >= 0.6 is 11.6 Å². The lowest BCUT2D eigenvalue weighted by Gasteiger charge is -2.11. The van der Waals surface area contributed by atoms with E-state index in [-0.39, 0.29) is 53.4 Å². The maximum Gasteiger partial charge on any atom is 0.257 e. The second-order valence-corrected chi connectivity index (χ2v) is 10.8. The fourth-order valence-electron chi connectivity index (χ4n) is 2.51. The van der Waals surface area contributed by atoms with E-state index in [0.717, 1.165) is 5.56 Å². The Kier molecular flexibility index (Phi) is 10.1. The van der Waals surface area contributed by atoms with E-state index in [2.05, 4.69) is 14.8 Å². The van der Waals surface area contributed by atoms with Gasteiger partial charge in [-0.1, -0.05) is 29.3 Å². The smallest absolute Gasteiger partial charge is 0.257 e. The Labute approximate surface area is 198 Å². The summed E-state index contributed by atoms with van der Waals surface area (Å²) < 4.78 is 63.6. The van der Waals surface area contributed by atoms with Crippen molar-refractivity contribution in [2.45, 2.75) is 16.7 Å². The zero-order valence-electron chi connectivity index (χ0n) is 18.1. The third-order valence-corrected chi connectivity index (χ3v) is 7.47. The number of hydrogen-bond acceptors (Lipinski definition) is 7. The van der Waals surface area contributed by atoms with Crippen molar-refractivity contribution in [2.24, 2.45) is 0 Å². The molecule has 0 spiro atoms. The van der Waals surface area contributed by atoms with E-state index in [1.54, 1.807) is 12.1 Å². The molecule has 2 rings (SSSR count). The lowest BCUT2D eigenvalue weighted by molar-refractivity contribution is -0.123. The number of methoxy groups -OCH3 is 1. The normalized spacial score (nSPS) is 11.8. The second kappa shape index (κ2) is 12.3. The lowest BCUT2D eigenvalue weighted by Crippen LogP contribution is -2.36. The highest BCUT2D eigenvalue weighted by molar-refractivity contribution is 7.89. The first kappa shape index (κ1) is 27.0. The van der Waals surface area contributed by atoms with Crippen LogP contribution in [-0.2, 0) is 29.6 Å². The van der Waals surface area contributed by atoms with Crippen molar-refractivity contribution >= 4 is 37.6 Å². The number of nitrogens with one attached hydrogen (secondary N) is 3. The molecular formula is C20H26ClN3O7S2. The first-order valence-corrected chi connectivity index (χ1v) is 13.1. The Balaban J connectivity index is 1.79. The van der Waals surface area contributed by atoms with Gasteiger partial charge in [0.1, 0.15) is 5.75 Å². The molecule has 0 saturated heterocycles. The van der Waals surface area contributed by atoms with Gasteiger partial charge in [0.15, 0.2) is 6.61 Å². The van der Waals surface area contributed by atoms with Crippen LogP contribution in [0, 0.1) is 6.92 Å². The minimum atomic E-state index is -3.76. The minimum absolute atomic E-state index is 0.00860. The number of benzene rings is 2. The molecule has 0 fully saturated rings. The van der Waals surface area contributed by atoms with Gasteiger partial charge in [-0.05, 0) is 37.3 Å². The zero-order valence-corrected chi connectivity index (χ0v) is 20.5. The highest BCUT2D eigenvalue weighted by atomic mass is 35.5. The standard InChI is InChI=1S/C20H26ClN3O7S2/c1-15-3-5-16(6-4-15)32(26,27)23-10-9-22-20(25)14-31-19-8-7-17(13-18(19)21)33(28,29)24-11-12-30-2/h3-8,13,23-24H,9-12,14H2,1-2H3,(H,22,25). The maximum atomic E-state index is 12.2. The first-order valence-electron chi connectivity index (χ1n) is 9.79. The number of aryl methyl sites for hydroxylation is 1. The number of ether oxygens (including phenoxy) is 2. The first-order chi connectivity index (χ1) is 15.5. The van der Waals surface area contributed by atoms with Gasteiger partial charge in [-0.15, -0.1) is 0 Å². The van der Waals surface area contributed by atoms with Gasteiger partial charge in [-0.3, -0.25) is 4.79 Å². The number of hydrogen-bond donors (Lipinski definition) is 3. The monoisotopic (exact) mass is 519 g/mol. The average Bonchev–Trinajstić information content (AvgIpc) is 2.76. The molecule has 10 nitrogen and oxygen atoms in total. The predicted molar refractivity (Wildman–Crippen MR) is 123 cm³/mol. The number of sulfonamides is 2. The Morgan fingerprint density at radius 2 is 1.52 bits per heavy atom. The average molecular weight is 520 g/mol. The Morgan fingerprint density at radius 3 is 2.15 bits per heavy atom. The van der Waals surface area contributed by atoms with Crippen LogP contribution in [0.15, 0.2) is 52.3 Å². The molecule has 33 heavy (non-hydrogen) atoms. The van der Waals surface area contributed by atoms with Crippen LogP contribution in [-0.4, -0.2) is 62.7 Å². The van der Waals surface area contributed by atoms with Crippen molar-refractivity contribution in [2.75, 3.05) is 40.0 Å². The summed E-state index contributed by atoms with van der Waals surface area (Å²) >= 11 is 6.07. The second-order valence-electron chi connectivity index (χ2n) is 6.83. The summed E-state index contributed by atoms with van der Waals surface area (Å²) in [7, 11) is -5.97. The molecule has 0 aliphatic rings. The van der Waals surface area contributed by atoms with Crippen LogP contribution in [0.2, 0.25) is 5.02 Å². The van der Waals surface area contributed by atoms with Crippen LogP contribution in [0.3, 0.4) is 0 Å². The van der Waals surface area contributed by atoms with Crippen LogP contribution in [0.5, 0.6) is 5.75 Å². The summed E-state index contributed by atoms with van der Waals surface area (Å²) in [4.78, 5) is 12.0. The molecule has 2 aromatic rings. The minimum Gasteiger partial charge on any atom is -0.482 e. The fraction of sp³-hybridized carbons (Fsp3) is 0.350. The maximum absolute atomic E-state index is 12.2. The molecule has 0 radical (unpaired) electrons. The van der Waals surface area contributed by atoms with E-state index in [9.17, 15) is 21.6 Å². The van der Waals surface area contributed by atoms with E-state index in [4.69, 9.17) is 21.1 Å². The summed E-state index contributed by atoms with van der Waals surface area (Å²) in [6.07, 6.45) is 0. The molecule has 0 unspecified atom stereocenters. The topological polar surface area (TPSA) is 140 Å². The van der Waals surface area contributed by atoms with Crippen molar-refractivity contribution in [3.63, 3.8) is 0 Å². The van der Waals surface area contributed by atoms with Gasteiger partial charge in [0, 0.05) is 26.7 Å². The van der Waals surface area contributed by atoms with E-state index in [0.29, 0.717) is 0 Å². The van der Waals surface area contributed by atoms with Crippen LogP contribution in [0.1, 0.15) is 5.56 Å². The summed E-state index contributed by atoms with van der Waals surface area (Å²) in [5.41, 5.74) is 0.941. The van der Waals surface area contributed by atoms with Gasteiger partial charge in [-0.2, -0.15) is 0 Å². The van der Waals surface area contributed by atoms with Gasteiger partial charge < -0.3 is 14.8 Å². The lowest BCUT2D eigenvalue weighted by atomic mass is 10.2. The number of carbonyl (C=O) groups is 1. The van der Waals surface area contributed by atoms with Crippen molar-refractivity contribution in [3.8, 4) is 5.75 Å². The van der Waals surface area contributed by atoms with Gasteiger partial charge in [0.05, 0.1) is 21.4 Å². The number of carbonyl (C=O) groups excluding carboxylic acids is 1. The van der Waals surface area contributed by atoms with Crippen molar-refractivity contribution < 1.29 is 31.1 Å². The van der Waals surface area contributed by atoms with Crippen LogP contribution in [0.25, 0.3) is 0 Å². The van der Waals surface area contributed by atoms with E-state index in [1.165, 1.54) is 37.4 Å². The van der Waals surface area contributed by atoms with Crippen LogP contribution < -0.4 is 19.5 Å². The third-order valence-electron chi connectivity index (χ3n) is 4.24. The highest BCUT2D eigenvalue weighted by Gasteiger charge is 2.16. The quantitative estimate of drug-likeness (QED) is 0.336. The van der Waals surface area contributed by atoms with Gasteiger partial charge in [0.25, 0.3) is 5.91 Å². The predicted octanol–water partition coefficient (Wildman–Crippen LogP) is 1.05. The largest absolute Gasteiger partial charge is 0.482 e. The Bertz CT molecular complexity index is 1150. The molecule has 0 heterocycles. The van der Waals surface area contributed by atoms with Gasteiger partial charge in [-0.25, -0.2) is 26.3 Å². The molecule has 0 aromatic heterocycles. The number of halogens is 1. The number of amides is 1. The highest BCUT2D eigenvalue weighted by Crippen LogP contribution is 2.27. The summed E-state index contributed by atoms with van der Waals surface area (Å²) in [6.45, 7) is 1.83. The molecular weight excluding hydrogens is 494 g/mol. The number of rotatable bonds is 13. The molecule has 0 saturated carbocycles. The van der Waals surface area contributed by atoms with Crippen molar-refractivity contribution in [3.05, 3.63) is 53.1 Å². The molecule has 0 aliphatic heterocycles. The van der Waals surface area contributed by atoms with Gasteiger partial charge >= 0.3 is 0 Å². The fourth-order valence-corrected chi connectivity index (χ4v) is 4.88. The van der Waals surface area contributed by atoms with E-state index in [1.807, 2.05) is 6.92 Å². The van der Waals surface area contributed by atoms with E-state index >= 15 is 0 Å². The van der Waals surface area contributed by atoms with Gasteiger partial charge in [0.2, 0.25) is 20.0 Å². The molecule has 13 heteroatoms. The summed E-state index contributed by atoms with van der Waals surface area (Å²) in [6, 6.07) is 10.2. The van der Waals surface area contributed by atoms with E-state index < -0.39 is 26.0 Å². The molecule has 0 atom stereocenters. The third kappa shape index (κ3) is 8.57. The molecule has 1 amide bonds.